The highest BCUT2D eigenvalue weighted by Gasteiger charge is 2.10. The van der Waals surface area contributed by atoms with Crippen molar-refractivity contribution in [3.05, 3.63) is 28.6 Å². The molecule has 1 heterocycles. The van der Waals surface area contributed by atoms with Crippen molar-refractivity contribution in [3.63, 3.8) is 0 Å². The van der Waals surface area contributed by atoms with Crippen molar-refractivity contribution in [1.82, 2.24) is 4.90 Å². The first-order valence-corrected chi connectivity index (χ1v) is 6.31. The van der Waals surface area contributed by atoms with E-state index in [9.17, 15) is 5.11 Å². The van der Waals surface area contributed by atoms with Crippen LogP contribution in [0.15, 0.2) is 17.5 Å². The molecule has 1 N–H and O–H groups in total. The van der Waals surface area contributed by atoms with Crippen LogP contribution in [0.5, 0.6) is 5.75 Å². The van der Waals surface area contributed by atoms with E-state index in [-0.39, 0.29) is 0 Å². The van der Waals surface area contributed by atoms with Gasteiger partial charge in [-0.05, 0) is 50.0 Å². The molecule has 1 aromatic heterocycles. The summed E-state index contributed by atoms with van der Waals surface area (Å²) in [6, 6.07) is 3.77. The zero-order valence-electron chi connectivity index (χ0n) is 9.95. The Bertz CT molecular complexity index is 502. The van der Waals surface area contributed by atoms with Gasteiger partial charge in [0.25, 0.3) is 0 Å². The number of likely N-dealkylation sites (N-methyl/N-ethyl adjacent to an activating group) is 1. The van der Waals surface area contributed by atoms with Crippen molar-refractivity contribution in [2.75, 3.05) is 20.6 Å². The van der Waals surface area contributed by atoms with Crippen molar-refractivity contribution in [3.8, 4) is 5.75 Å². The average molecular weight is 235 g/mol. The number of hydrogen-bond donors (Lipinski definition) is 1. The Kier molecular flexibility index (Phi) is 3.17. The average Bonchev–Trinajstić information content (AvgIpc) is 2.65. The Labute approximate surface area is 100 Å². The van der Waals surface area contributed by atoms with Crippen LogP contribution in [0.1, 0.15) is 11.1 Å². The molecule has 0 bridgehead atoms. The number of fused-ring (bicyclic) bond motifs is 1. The van der Waals surface area contributed by atoms with Gasteiger partial charge >= 0.3 is 0 Å². The topological polar surface area (TPSA) is 23.5 Å². The lowest BCUT2D eigenvalue weighted by Crippen LogP contribution is -2.14. The highest BCUT2D eigenvalue weighted by molar-refractivity contribution is 7.17. The SMILES string of the molecule is Cc1ccc(O)c2c(CCN(C)C)csc12. The van der Waals surface area contributed by atoms with Gasteiger partial charge in [-0.15, -0.1) is 11.3 Å². The first kappa shape index (κ1) is 11.4. The minimum absolute atomic E-state index is 0.413. The molecule has 0 aliphatic heterocycles. The summed E-state index contributed by atoms with van der Waals surface area (Å²) in [7, 11) is 4.14. The number of nitrogens with zero attached hydrogens (tertiary/aromatic N) is 1. The minimum atomic E-state index is 0.413. The maximum Gasteiger partial charge on any atom is 0.124 e. The van der Waals surface area contributed by atoms with Gasteiger partial charge in [0.1, 0.15) is 5.75 Å². The summed E-state index contributed by atoms with van der Waals surface area (Å²) in [5.74, 6) is 0.413. The summed E-state index contributed by atoms with van der Waals surface area (Å²) >= 11 is 1.73. The molecule has 2 rings (SSSR count). The van der Waals surface area contributed by atoms with Crippen LogP contribution in [0.4, 0.5) is 0 Å². The van der Waals surface area contributed by atoms with Crippen LogP contribution in [-0.4, -0.2) is 30.6 Å². The number of phenolic OH excluding ortho intramolecular Hbond substituents is 1. The molecule has 86 valence electrons. The minimum Gasteiger partial charge on any atom is -0.507 e. The van der Waals surface area contributed by atoms with E-state index in [4.69, 9.17) is 0 Å². The molecular formula is C13H17NOS. The monoisotopic (exact) mass is 235 g/mol. The molecule has 2 aromatic rings. The van der Waals surface area contributed by atoms with Gasteiger partial charge in [0.2, 0.25) is 0 Å². The van der Waals surface area contributed by atoms with E-state index in [0.29, 0.717) is 5.75 Å². The number of aromatic hydroxyl groups is 1. The lowest BCUT2D eigenvalue weighted by Gasteiger charge is -2.09. The fraction of sp³-hybridized carbons (Fsp3) is 0.385. The molecule has 0 unspecified atom stereocenters. The largest absolute Gasteiger partial charge is 0.507 e. The number of rotatable bonds is 3. The molecule has 0 aliphatic carbocycles. The smallest absolute Gasteiger partial charge is 0.124 e. The van der Waals surface area contributed by atoms with Gasteiger partial charge in [0.15, 0.2) is 0 Å². The van der Waals surface area contributed by atoms with Gasteiger partial charge in [-0.2, -0.15) is 0 Å². The molecule has 16 heavy (non-hydrogen) atoms. The second kappa shape index (κ2) is 4.44. The summed E-state index contributed by atoms with van der Waals surface area (Å²) in [6.45, 7) is 3.10. The van der Waals surface area contributed by atoms with Crippen molar-refractivity contribution in [2.45, 2.75) is 13.3 Å². The maximum atomic E-state index is 9.92. The summed E-state index contributed by atoms with van der Waals surface area (Å²) in [5.41, 5.74) is 2.50. The molecule has 0 saturated carbocycles. The van der Waals surface area contributed by atoms with E-state index in [1.807, 2.05) is 6.07 Å². The molecule has 0 radical (unpaired) electrons. The van der Waals surface area contributed by atoms with Gasteiger partial charge in [-0.25, -0.2) is 0 Å². The zero-order chi connectivity index (χ0) is 11.7. The Morgan fingerprint density at radius 2 is 2.06 bits per heavy atom. The van der Waals surface area contributed by atoms with Crippen LogP contribution in [0, 0.1) is 6.92 Å². The van der Waals surface area contributed by atoms with Crippen molar-refractivity contribution < 1.29 is 5.11 Å². The predicted molar refractivity (Wildman–Crippen MR) is 70.5 cm³/mol. The lowest BCUT2D eigenvalue weighted by atomic mass is 10.1. The highest BCUT2D eigenvalue weighted by Crippen LogP contribution is 2.35. The Hall–Kier alpha value is -1.06. The van der Waals surface area contributed by atoms with Crippen LogP contribution in [0.25, 0.3) is 10.1 Å². The van der Waals surface area contributed by atoms with E-state index in [0.717, 1.165) is 18.4 Å². The number of aryl methyl sites for hydroxylation is 1. The Morgan fingerprint density at radius 1 is 1.31 bits per heavy atom. The maximum absolute atomic E-state index is 9.92. The molecule has 0 atom stereocenters. The van der Waals surface area contributed by atoms with Gasteiger partial charge in [0, 0.05) is 16.6 Å². The zero-order valence-corrected chi connectivity index (χ0v) is 10.8. The Balaban J connectivity index is 2.43. The van der Waals surface area contributed by atoms with E-state index < -0.39 is 0 Å². The van der Waals surface area contributed by atoms with Crippen molar-refractivity contribution in [1.29, 1.82) is 0 Å². The second-order valence-corrected chi connectivity index (χ2v) is 5.30. The molecule has 2 nitrogen and oxygen atoms in total. The van der Waals surface area contributed by atoms with E-state index in [2.05, 4.69) is 31.3 Å². The van der Waals surface area contributed by atoms with Crippen LogP contribution < -0.4 is 0 Å². The second-order valence-electron chi connectivity index (χ2n) is 4.42. The van der Waals surface area contributed by atoms with Crippen LogP contribution in [-0.2, 0) is 6.42 Å². The van der Waals surface area contributed by atoms with E-state index in [1.54, 1.807) is 17.4 Å². The van der Waals surface area contributed by atoms with Gasteiger partial charge in [-0.1, -0.05) is 6.07 Å². The van der Waals surface area contributed by atoms with Crippen LogP contribution in [0.3, 0.4) is 0 Å². The van der Waals surface area contributed by atoms with Gasteiger partial charge in [-0.3, -0.25) is 0 Å². The highest BCUT2D eigenvalue weighted by atomic mass is 32.1. The van der Waals surface area contributed by atoms with E-state index in [1.165, 1.54) is 15.8 Å². The standard InChI is InChI=1S/C13H17NOS/c1-9-4-5-11(15)12-10(6-7-14(2)3)8-16-13(9)12/h4-5,8,15H,6-7H2,1-3H3. The molecule has 0 aliphatic rings. The molecule has 0 saturated heterocycles. The fourth-order valence-corrected chi connectivity index (χ4v) is 2.96. The quantitative estimate of drug-likeness (QED) is 0.884. The third kappa shape index (κ3) is 2.06. The number of benzene rings is 1. The van der Waals surface area contributed by atoms with E-state index >= 15 is 0 Å². The number of hydrogen-bond acceptors (Lipinski definition) is 3. The third-order valence-electron chi connectivity index (χ3n) is 2.80. The summed E-state index contributed by atoms with van der Waals surface area (Å²) < 4.78 is 1.22. The first-order valence-electron chi connectivity index (χ1n) is 5.43. The predicted octanol–water partition coefficient (Wildman–Crippen LogP) is 3.02. The molecule has 1 aromatic carbocycles. The summed E-state index contributed by atoms with van der Waals surface area (Å²) in [6.07, 6.45) is 0.990. The molecule has 3 heteroatoms. The molecule has 0 spiro atoms. The third-order valence-corrected chi connectivity index (χ3v) is 3.97. The summed E-state index contributed by atoms with van der Waals surface area (Å²) in [4.78, 5) is 2.16. The normalized spacial score (nSPS) is 11.5. The fourth-order valence-electron chi connectivity index (χ4n) is 1.86. The summed E-state index contributed by atoms with van der Waals surface area (Å²) in [5, 5.41) is 13.1. The first-order chi connectivity index (χ1) is 7.59. The molecular weight excluding hydrogens is 218 g/mol. The number of thiophene rings is 1. The van der Waals surface area contributed by atoms with Crippen molar-refractivity contribution in [2.24, 2.45) is 0 Å². The van der Waals surface area contributed by atoms with Crippen LogP contribution in [0.2, 0.25) is 0 Å². The van der Waals surface area contributed by atoms with Crippen LogP contribution >= 0.6 is 11.3 Å². The van der Waals surface area contributed by atoms with Gasteiger partial charge < -0.3 is 10.0 Å². The molecule has 0 fully saturated rings. The molecule has 0 amide bonds. The Morgan fingerprint density at radius 3 is 2.75 bits per heavy atom. The van der Waals surface area contributed by atoms with Crippen molar-refractivity contribution >= 4 is 21.4 Å². The number of phenols is 1. The lowest BCUT2D eigenvalue weighted by molar-refractivity contribution is 0.414. The van der Waals surface area contributed by atoms with Gasteiger partial charge in [0.05, 0.1) is 0 Å².